The van der Waals surface area contributed by atoms with Crippen LogP contribution in [0.3, 0.4) is 0 Å². The van der Waals surface area contributed by atoms with Gasteiger partial charge >= 0.3 is 12.1 Å². The highest BCUT2D eigenvalue weighted by Gasteiger charge is 2.30. The van der Waals surface area contributed by atoms with Crippen LogP contribution in [-0.4, -0.2) is 43.5 Å². The van der Waals surface area contributed by atoms with Crippen molar-refractivity contribution in [3.05, 3.63) is 12.2 Å². The highest BCUT2D eigenvalue weighted by molar-refractivity contribution is 5.82. The van der Waals surface area contributed by atoms with Crippen molar-refractivity contribution in [2.45, 2.75) is 52.4 Å². The minimum atomic E-state index is -0.936. The standard InChI is InChI=1S/C14H25NO5/c1-9(2)8-19-10(3)11(12(16)18-7)15-13(17)20-14(4,5)6/h10-11H,1,8H2,2-7H3,(H,15,17). The van der Waals surface area contributed by atoms with Crippen molar-refractivity contribution in [1.29, 1.82) is 0 Å². The molecule has 0 radical (unpaired) electrons. The van der Waals surface area contributed by atoms with Crippen LogP contribution in [0.15, 0.2) is 12.2 Å². The second-order valence-electron chi connectivity index (χ2n) is 5.62. The second kappa shape index (κ2) is 7.89. The van der Waals surface area contributed by atoms with Gasteiger partial charge in [-0.1, -0.05) is 12.2 Å². The third-order valence-electron chi connectivity index (χ3n) is 2.19. The van der Waals surface area contributed by atoms with Gasteiger partial charge < -0.3 is 19.5 Å². The lowest BCUT2D eigenvalue weighted by Gasteiger charge is -2.25. The molecule has 0 fully saturated rings. The van der Waals surface area contributed by atoms with Crippen molar-refractivity contribution >= 4 is 12.1 Å². The highest BCUT2D eigenvalue weighted by Crippen LogP contribution is 2.09. The van der Waals surface area contributed by atoms with E-state index in [1.54, 1.807) is 34.6 Å². The van der Waals surface area contributed by atoms with Gasteiger partial charge in [-0.05, 0) is 34.6 Å². The molecule has 0 heterocycles. The Morgan fingerprint density at radius 2 is 1.85 bits per heavy atom. The first-order valence-electron chi connectivity index (χ1n) is 6.40. The quantitative estimate of drug-likeness (QED) is 0.597. The fraction of sp³-hybridized carbons (Fsp3) is 0.714. The summed E-state index contributed by atoms with van der Waals surface area (Å²) in [5, 5.41) is 2.46. The maximum atomic E-state index is 11.7. The van der Waals surface area contributed by atoms with Crippen molar-refractivity contribution in [3.63, 3.8) is 0 Å². The SMILES string of the molecule is C=C(C)COC(C)C(NC(=O)OC(C)(C)C)C(=O)OC. The number of alkyl carbamates (subject to hydrolysis) is 1. The summed E-state index contributed by atoms with van der Waals surface area (Å²) in [5.41, 5.74) is 0.171. The summed E-state index contributed by atoms with van der Waals surface area (Å²) >= 11 is 0. The van der Waals surface area contributed by atoms with Gasteiger partial charge in [0.15, 0.2) is 6.04 Å². The Hall–Kier alpha value is -1.56. The summed E-state index contributed by atoms with van der Waals surface area (Å²) in [4.78, 5) is 23.4. The van der Waals surface area contributed by atoms with E-state index < -0.39 is 29.8 Å². The topological polar surface area (TPSA) is 73.9 Å². The van der Waals surface area contributed by atoms with E-state index in [0.717, 1.165) is 5.57 Å². The number of hydrogen-bond donors (Lipinski definition) is 1. The predicted molar refractivity (Wildman–Crippen MR) is 75.4 cm³/mol. The van der Waals surface area contributed by atoms with E-state index in [2.05, 4.69) is 16.6 Å². The lowest BCUT2D eigenvalue weighted by molar-refractivity contribution is -0.146. The summed E-state index contributed by atoms with van der Waals surface area (Å²) in [6, 6.07) is -0.936. The summed E-state index contributed by atoms with van der Waals surface area (Å²) in [5.74, 6) is -0.593. The molecular formula is C14H25NO5. The number of methoxy groups -OCH3 is 1. The summed E-state index contributed by atoms with van der Waals surface area (Å²) in [6.07, 6.45) is -1.26. The predicted octanol–water partition coefficient (Wildman–Crippen LogP) is 2.03. The van der Waals surface area contributed by atoms with Gasteiger partial charge in [0.25, 0.3) is 0 Å². The maximum Gasteiger partial charge on any atom is 0.408 e. The average molecular weight is 287 g/mol. The molecule has 0 aromatic rings. The maximum absolute atomic E-state index is 11.7. The molecule has 6 nitrogen and oxygen atoms in total. The Kier molecular flexibility index (Phi) is 7.28. The van der Waals surface area contributed by atoms with Crippen molar-refractivity contribution in [2.24, 2.45) is 0 Å². The van der Waals surface area contributed by atoms with Gasteiger partial charge in [0.1, 0.15) is 5.60 Å². The Labute approximate surface area is 120 Å². The van der Waals surface area contributed by atoms with Gasteiger partial charge in [0.05, 0.1) is 19.8 Å². The van der Waals surface area contributed by atoms with Crippen molar-refractivity contribution in [1.82, 2.24) is 5.32 Å². The minimum absolute atomic E-state index is 0.296. The van der Waals surface area contributed by atoms with Crippen LogP contribution in [0.5, 0.6) is 0 Å². The van der Waals surface area contributed by atoms with Gasteiger partial charge in [-0.25, -0.2) is 9.59 Å². The molecule has 6 heteroatoms. The third-order valence-corrected chi connectivity index (χ3v) is 2.19. The van der Waals surface area contributed by atoms with Crippen LogP contribution in [0.1, 0.15) is 34.6 Å². The number of esters is 1. The molecule has 2 unspecified atom stereocenters. The first kappa shape index (κ1) is 18.4. The van der Waals surface area contributed by atoms with E-state index in [9.17, 15) is 9.59 Å². The van der Waals surface area contributed by atoms with Crippen LogP contribution in [0.2, 0.25) is 0 Å². The lowest BCUT2D eigenvalue weighted by Crippen LogP contribution is -2.50. The zero-order valence-corrected chi connectivity index (χ0v) is 13.1. The Balaban J connectivity index is 4.68. The minimum Gasteiger partial charge on any atom is -0.467 e. The molecule has 0 aromatic heterocycles. The lowest BCUT2D eigenvalue weighted by atomic mass is 10.2. The van der Waals surface area contributed by atoms with Crippen LogP contribution in [0.25, 0.3) is 0 Å². The zero-order chi connectivity index (χ0) is 15.9. The van der Waals surface area contributed by atoms with E-state index in [0.29, 0.717) is 6.61 Å². The van der Waals surface area contributed by atoms with E-state index in [1.165, 1.54) is 7.11 Å². The molecule has 0 bridgehead atoms. The van der Waals surface area contributed by atoms with Gasteiger partial charge in [0.2, 0.25) is 0 Å². The number of amides is 1. The molecule has 0 aromatic carbocycles. The van der Waals surface area contributed by atoms with Crippen molar-refractivity contribution < 1.29 is 23.8 Å². The number of nitrogens with one attached hydrogen (secondary N) is 1. The van der Waals surface area contributed by atoms with Crippen molar-refractivity contribution in [2.75, 3.05) is 13.7 Å². The molecule has 0 aliphatic rings. The van der Waals surface area contributed by atoms with Gasteiger partial charge in [-0.3, -0.25) is 0 Å². The Morgan fingerprint density at radius 1 is 1.30 bits per heavy atom. The smallest absolute Gasteiger partial charge is 0.408 e. The molecule has 0 saturated carbocycles. The van der Waals surface area contributed by atoms with Crippen molar-refractivity contribution in [3.8, 4) is 0 Å². The second-order valence-corrected chi connectivity index (χ2v) is 5.62. The fourth-order valence-corrected chi connectivity index (χ4v) is 1.30. The molecule has 0 spiro atoms. The van der Waals surface area contributed by atoms with E-state index >= 15 is 0 Å². The zero-order valence-electron chi connectivity index (χ0n) is 13.1. The Morgan fingerprint density at radius 3 is 2.25 bits per heavy atom. The van der Waals surface area contributed by atoms with Crippen LogP contribution in [0.4, 0.5) is 4.79 Å². The number of hydrogen-bond acceptors (Lipinski definition) is 5. The average Bonchev–Trinajstić information content (AvgIpc) is 2.29. The van der Waals surface area contributed by atoms with Gasteiger partial charge in [-0.15, -0.1) is 0 Å². The molecule has 1 amide bonds. The normalized spacial score (nSPS) is 14.1. The molecular weight excluding hydrogens is 262 g/mol. The third kappa shape index (κ3) is 7.78. The number of carbonyl (C=O) groups excluding carboxylic acids is 2. The van der Waals surface area contributed by atoms with Crippen LogP contribution < -0.4 is 5.32 Å². The van der Waals surface area contributed by atoms with Crippen LogP contribution in [-0.2, 0) is 19.0 Å². The Bertz CT molecular complexity index is 359. The molecule has 0 aliphatic heterocycles. The number of carbonyl (C=O) groups is 2. The first-order valence-corrected chi connectivity index (χ1v) is 6.40. The summed E-state index contributed by atoms with van der Waals surface area (Å²) in [6.45, 7) is 12.7. The van der Waals surface area contributed by atoms with Crippen LogP contribution >= 0.6 is 0 Å². The molecule has 0 rings (SSSR count). The van der Waals surface area contributed by atoms with Gasteiger partial charge in [-0.2, -0.15) is 0 Å². The number of ether oxygens (including phenoxy) is 3. The van der Waals surface area contributed by atoms with E-state index in [1.807, 2.05) is 0 Å². The molecule has 116 valence electrons. The number of rotatable bonds is 6. The molecule has 0 aliphatic carbocycles. The molecule has 0 saturated heterocycles. The summed E-state index contributed by atoms with van der Waals surface area (Å²) in [7, 11) is 1.25. The monoisotopic (exact) mass is 287 g/mol. The molecule has 20 heavy (non-hydrogen) atoms. The largest absolute Gasteiger partial charge is 0.467 e. The van der Waals surface area contributed by atoms with E-state index in [-0.39, 0.29) is 0 Å². The van der Waals surface area contributed by atoms with Gasteiger partial charge in [0, 0.05) is 0 Å². The van der Waals surface area contributed by atoms with Crippen LogP contribution in [0, 0.1) is 0 Å². The highest BCUT2D eigenvalue weighted by atomic mass is 16.6. The fourth-order valence-electron chi connectivity index (χ4n) is 1.30. The summed E-state index contributed by atoms with van der Waals surface area (Å²) < 4.78 is 15.2. The van der Waals surface area contributed by atoms with E-state index in [4.69, 9.17) is 9.47 Å². The molecule has 1 N–H and O–H groups in total. The first-order chi connectivity index (χ1) is 9.06. The molecule has 2 atom stereocenters.